The standard InChI is InChI=1S/C21H23ClN4O/c1-15-2-4-16(5-3-15)20-24-19-14-17(22)6-7-18(19)21(25-20)23-8-9-26-10-12-27-13-11-26/h2-7,14H,8-13H2,1H3,(H,23,24,25)/p+1. The molecule has 1 aliphatic heterocycles. The van der Waals surface area contributed by atoms with Crippen LogP contribution >= 0.6 is 11.6 Å². The number of benzene rings is 2. The molecule has 3 aromatic rings. The Morgan fingerprint density at radius 2 is 1.85 bits per heavy atom. The Labute approximate surface area is 164 Å². The van der Waals surface area contributed by atoms with Gasteiger partial charge in [0.05, 0.1) is 31.8 Å². The second kappa shape index (κ2) is 8.21. The van der Waals surface area contributed by atoms with E-state index >= 15 is 0 Å². The van der Waals surface area contributed by atoms with Crippen LogP contribution in [0, 0.1) is 6.92 Å². The molecule has 0 radical (unpaired) electrons. The molecule has 4 rings (SSSR count). The van der Waals surface area contributed by atoms with Gasteiger partial charge in [-0.2, -0.15) is 0 Å². The molecule has 2 heterocycles. The molecule has 0 unspecified atom stereocenters. The SMILES string of the molecule is Cc1ccc(-c2nc(NCC[NH+]3CCOCC3)c3ccc(Cl)cc3n2)cc1. The van der Waals surface area contributed by atoms with E-state index < -0.39 is 0 Å². The molecule has 0 bridgehead atoms. The summed E-state index contributed by atoms with van der Waals surface area (Å²) in [5.74, 6) is 1.57. The Morgan fingerprint density at radius 3 is 2.63 bits per heavy atom. The van der Waals surface area contributed by atoms with Crippen LogP contribution in [0.5, 0.6) is 0 Å². The monoisotopic (exact) mass is 383 g/mol. The maximum absolute atomic E-state index is 6.20. The van der Waals surface area contributed by atoms with Crippen molar-refractivity contribution in [3.8, 4) is 11.4 Å². The van der Waals surface area contributed by atoms with Crippen LogP contribution in [0.15, 0.2) is 42.5 Å². The molecule has 1 aliphatic rings. The fourth-order valence-corrected chi connectivity index (χ4v) is 3.50. The van der Waals surface area contributed by atoms with Crippen molar-refractivity contribution < 1.29 is 9.64 Å². The first-order valence-corrected chi connectivity index (χ1v) is 9.76. The van der Waals surface area contributed by atoms with E-state index in [2.05, 4.69) is 36.5 Å². The number of quaternary nitrogens is 1. The van der Waals surface area contributed by atoms with Gasteiger partial charge in [-0.15, -0.1) is 0 Å². The van der Waals surface area contributed by atoms with Crippen LogP contribution in [0.2, 0.25) is 5.02 Å². The lowest BCUT2D eigenvalue weighted by Crippen LogP contribution is -3.14. The maximum Gasteiger partial charge on any atom is 0.162 e. The summed E-state index contributed by atoms with van der Waals surface area (Å²) >= 11 is 6.20. The number of nitrogens with one attached hydrogen (secondary N) is 2. The van der Waals surface area contributed by atoms with Crippen LogP contribution < -0.4 is 10.2 Å². The van der Waals surface area contributed by atoms with Crippen molar-refractivity contribution in [2.75, 3.05) is 44.7 Å². The highest BCUT2D eigenvalue weighted by molar-refractivity contribution is 6.31. The molecule has 0 aliphatic carbocycles. The number of aryl methyl sites for hydroxylation is 1. The third kappa shape index (κ3) is 4.38. The van der Waals surface area contributed by atoms with Crippen LogP contribution in [0.25, 0.3) is 22.3 Å². The van der Waals surface area contributed by atoms with Crippen LogP contribution in [-0.4, -0.2) is 49.4 Å². The lowest BCUT2D eigenvalue weighted by atomic mass is 10.1. The van der Waals surface area contributed by atoms with Crippen molar-refractivity contribution in [3.63, 3.8) is 0 Å². The summed E-state index contributed by atoms with van der Waals surface area (Å²) in [5, 5.41) is 5.19. The van der Waals surface area contributed by atoms with Gasteiger partial charge in [0.2, 0.25) is 0 Å². The molecule has 6 heteroatoms. The third-order valence-electron chi connectivity index (χ3n) is 4.94. The molecule has 1 fully saturated rings. The van der Waals surface area contributed by atoms with Gasteiger partial charge >= 0.3 is 0 Å². The summed E-state index contributed by atoms with van der Waals surface area (Å²) in [5.41, 5.74) is 3.08. The molecule has 27 heavy (non-hydrogen) atoms. The molecule has 2 aromatic carbocycles. The summed E-state index contributed by atoms with van der Waals surface area (Å²) in [6, 6.07) is 14.0. The Bertz CT molecular complexity index is 923. The molecule has 0 spiro atoms. The first-order chi connectivity index (χ1) is 13.2. The topological polar surface area (TPSA) is 51.5 Å². The first kappa shape index (κ1) is 18.2. The Kier molecular flexibility index (Phi) is 5.53. The van der Waals surface area contributed by atoms with Gasteiger partial charge in [0.25, 0.3) is 0 Å². The molecule has 0 saturated carbocycles. The van der Waals surface area contributed by atoms with E-state index in [1.54, 1.807) is 4.90 Å². The number of rotatable bonds is 5. The fraction of sp³-hybridized carbons (Fsp3) is 0.333. The summed E-state index contributed by atoms with van der Waals surface area (Å²) in [6.07, 6.45) is 0. The van der Waals surface area contributed by atoms with Crippen molar-refractivity contribution in [2.24, 2.45) is 0 Å². The van der Waals surface area contributed by atoms with E-state index in [1.165, 1.54) is 5.56 Å². The van der Waals surface area contributed by atoms with Crippen LogP contribution in [0.3, 0.4) is 0 Å². The Morgan fingerprint density at radius 1 is 1.07 bits per heavy atom. The highest BCUT2D eigenvalue weighted by Crippen LogP contribution is 2.27. The molecule has 0 amide bonds. The number of nitrogens with zero attached hydrogens (tertiary/aromatic N) is 2. The fourth-order valence-electron chi connectivity index (χ4n) is 3.34. The van der Waals surface area contributed by atoms with E-state index in [9.17, 15) is 0 Å². The van der Waals surface area contributed by atoms with Gasteiger partial charge in [-0.1, -0.05) is 41.4 Å². The minimum atomic E-state index is 0.680. The average molecular weight is 384 g/mol. The minimum absolute atomic E-state index is 0.680. The first-order valence-electron chi connectivity index (χ1n) is 9.38. The summed E-state index contributed by atoms with van der Waals surface area (Å²) in [7, 11) is 0. The normalized spacial score (nSPS) is 15.2. The van der Waals surface area contributed by atoms with Gasteiger partial charge in [-0.25, -0.2) is 9.97 Å². The second-order valence-electron chi connectivity index (χ2n) is 6.96. The van der Waals surface area contributed by atoms with Crippen molar-refractivity contribution in [2.45, 2.75) is 6.92 Å². The molecule has 1 aromatic heterocycles. The van der Waals surface area contributed by atoms with Gasteiger partial charge in [0.15, 0.2) is 5.82 Å². The van der Waals surface area contributed by atoms with Crippen LogP contribution in [-0.2, 0) is 4.74 Å². The summed E-state index contributed by atoms with van der Waals surface area (Å²) in [4.78, 5) is 11.1. The van der Waals surface area contributed by atoms with Crippen molar-refractivity contribution >= 4 is 28.3 Å². The molecule has 5 nitrogen and oxygen atoms in total. The Hall–Kier alpha value is -2.21. The molecule has 2 N–H and O–H groups in total. The minimum Gasteiger partial charge on any atom is -0.370 e. The van der Waals surface area contributed by atoms with E-state index in [4.69, 9.17) is 26.3 Å². The van der Waals surface area contributed by atoms with Crippen molar-refractivity contribution in [1.29, 1.82) is 0 Å². The van der Waals surface area contributed by atoms with E-state index in [1.807, 2.05) is 18.2 Å². The maximum atomic E-state index is 6.20. The van der Waals surface area contributed by atoms with E-state index in [0.29, 0.717) is 10.8 Å². The van der Waals surface area contributed by atoms with Gasteiger partial charge in [0, 0.05) is 16.0 Å². The zero-order valence-corrected chi connectivity index (χ0v) is 16.2. The van der Waals surface area contributed by atoms with Crippen molar-refractivity contribution in [1.82, 2.24) is 9.97 Å². The van der Waals surface area contributed by atoms with Gasteiger partial charge in [0.1, 0.15) is 18.9 Å². The zero-order valence-electron chi connectivity index (χ0n) is 15.5. The predicted octanol–water partition coefficient (Wildman–Crippen LogP) is 2.59. The highest BCUT2D eigenvalue weighted by Gasteiger charge is 2.14. The smallest absolute Gasteiger partial charge is 0.162 e. The molecule has 0 atom stereocenters. The number of aromatic nitrogens is 2. The number of ether oxygens (including phenoxy) is 1. The number of halogens is 1. The summed E-state index contributed by atoms with van der Waals surface area (Å²) in [6.45, 7) is 7.81. The van der Waals surface area contributed by atoms with Gasteiger partial charge in [-0.05, 0) is 25.1 Å². The number of fused-ring (bicyclic) bond motifs is 1. The average Bonchev–Trinajstić information content (AvgIpc) is 2.69. The molecule has 140 valence electrons. The van der Waals surface area contributed by atoms with E-state index in [0.717, 1.165) is 61.7 Å². The second-order valence-corrected chi connectivity index (χ2v) is 7.40. The summed E-state index contributed by atoms with van der Waals surface area (Å²) < 4.78 is 5.43. The lowest BCUT2D eigenvalue weighted by Gasteiger charge is -2.24. The largest absolute Gasteiger partial charge is 0.370 e. The zero-order chi connectivity index (χ0) is 18.6. The van der Waals surface area contributed by atoms with Gasteiger partial charge in [-0.3, -0.25) is 0 Å². The van der Waals surface area contributed by atoms with Crippen LogP contribution in [0.4, 0.5) is 5.82 Å². The number of hydrogen-bond acceptors (Lipinski definition) is 4. The highest BCUT2D eigenvalue weighted by atomic mass is 35.5. The number of anilines is 1. The number of hydrogen-bond donors (Lipinski definition) is 2. The molecular weight excluding hydrogens is 360 g/mol. The molecular formula is C21H24ClN4O+. The number of morpholine rings is 1. The van der Waals surface area contributed by atoms with Gasteiger partial charge < -0.3 is 15.0 Å². The molecule has 1 saturated heterocycles. The third-order valence-corrected chi connectivity index (χ3v) is 5.17. The lowest BCUT2D eigenvalue weighted by molar-refractivity contribution is -0.906. The van der Waals surface area contributed by atoms with E-state index in [-0.39, 0.29) is 0 Å². The van der Waals surface area contributed by atoms with Crippen molar-refractivity contribution in [3.05, 3.63) is 53.1 Å². The Balaban J connectivity index is 1.61. The predicted molar refractivity (Wildman–Crippen MR) is 110 cm³/mol. The quantitative estimate of drug-likeness (QED) is 0.711. The van der Waals surface area contributed by atoms with Crippen LogP contribution in [0.1, 0.15) is 5.56 Å².